The first kappa shape index (κ1) is 13.3. The van der Waals surface area contributed by atoms with Gasteiger partial charge in [-0.3, -0.25) is 4.79 Å². The number of rotatable bonds is 4. The van der Waals surface area contributed by atoms with E-state index in [1.54, 1.807) is 19.1 Å². The van der Waals surface area contributed by atoms with Crippen LogP contribution in [0.1, 0.15) is 21.1 Å². The minimum atomic E-state index is -0.457. The molecule has 6 nitrogen and oxygen atoms in total. The molecule has 0 bridgehead atoms. The molecule has 0 aliphatic carbocycles. The van der Waals surface area contributed by atoms with Gasteiger partial charge >= 0.3 is 5.97 Å². The second kappa shape index (κ2) is 5.66. The zero-order valence-electron chi connectivity index (χ0n) is 10.4. The van der Waals surface area contributed by atoms with Gasteiger partial charge < -0.3 is 14.5 Å². The van der Waals surface area contributed by atoms with Crippen LogP contribution in [0.3, 0.4) is 0 Å². The van der Waals surface area contributed by atoms with Crippen molar-refractivity contribution in [3.8, 4) is 0 Å². The minimum absolute atomic E-state index is 0.124. The van der Waals surface area contributed by atoms with Crippen molar-refractivity contribution in [3.05, 3.63) is 34.7 Å². The Morgan fingerprint density at radius 2 is 2.32 bits per heavy atom. The average Bonchev–Trinajstić information content (AvgIpc) is 2.98. The maximum atomic E-state index is 11.7. The number of methoxy groups -OCH3 is 1. The SMILES string of the molecule is COC(=O)c1sc(NC(=O)Cc2ccco2)nc1C. The van der Waals surface area contributed by atoms with Crippen LogP contribution in [0.2, 0.25) is 0 Å². The van der Waals surface area contributed by atoms with Crippen LogP contribution < -0.4 is 5.32 Å². The first-order valence-corrected chi connectivity index (χ1v) is 6.29. The normalized spacial score (nSPS) is 10.2. The van der Waals surface area contributed by atoms with Crippen LogP contribution in [-0.4, -0.2) is 24.0 Å². The van der Waals surface area contributed by atoms with Gasteiger partial charge in [0.05, 0.1) is 25.5 Å². The van der Waals surface area contributed by atoms with Crippen molar-refractivity contribution in [1.29, 1.82) is 0 Å². The van der Waals surface area contributed by atoms with E-state index in [2.05, 4.69) is 15.0 Å². The molecule has 0 aromatic carbocycles. The number of aryl methyl sites for hydroxylation is 1. The molecule has 1 N–H and O–H groups in total. The lowest BCUT2D eigenvalue weighted by molar-refractivity contribution is -0.115. The molecular formula is C12H12N2O4S. The molecule has 0 saturated heterocycles. The number of hydrogen-bond acceptors (Lipinski definition) is 6. The van der Waals surface area contributed by atoms with E-state index < -0.39 is 5.97 Å². The molecule has 1 amide bonds. The smallest absolute Gasteiger partial charge is 0.350 e. The largest absolute Gasteiger partial charge is 0.469 e. The molecule has 0 saturated carbocycles. The number of aromatic nitrogens is 1. The Bertz CT molecular complexity index is 589. The van der Waals surface area contributed by atoms with Crippen molar-refractivity contribution >= 4 is 28.3 Å². The molecule has 100 valence electrons. The van der Waals surface area contributed by atoms with E-state index in [1.165, 1.54) is 13.4 Å². The zero-order chi connectivity index (χ0) is 13.8. The molecule has 7 heteroatoms. The van der Waals surface area contributed by atoms with Crippen LogP contribution in [-0.2, 0) is 16.0 Å². The summed E-state index contributed by atoms with van der Waals surface area (Å²) in [6.45, 7) is 1.69. The van der Waals surface area contributed by atoms with Crippen LogP contribution in [0.25, 0.3) is 0 Å². The van der Waals surface area contributed by atoms with Gasteiger partial charge in [-0.1, -0.05) is 11.3 Å². The van der Waals surface area contributed by atoms with Gasteiger partial charge in [-0.25, -0.2) is 9.78 Å². The summed E-state index contributed by atoms with van der Waals surface area (Å²) in [5.74, 6) is -0.138. The van der Waals surface area contributed by atoms with Gasteiger partial charge in [0.2, 0.25) is 5.91 Å². The van der Waals surface area contributed by atoms with Crippen molar-refractivity contribution < 1.29 is 18.7 Å². The summed E-state index contributed by atoms with van der Waals surface area (Å²) in [7, 11) is 1.30. The number of ether oxygens (including phenoxy) is 1. The lowest BCUT2D eigenvalue weighted by Crippen LogP contribution is -2.13. The second-order valence-corrected chi connectivity index (χ2v) is 4.73. The maximum Gasteiger partial charge on any atom is 0.350 e. The summed E-state index contributed by atoms with van der Waals surface area (Å²) < 4.78 is 9.70. The van der Waals surface area contributed by atoms with Gasteiger partial charge in [-0.2, -0.15) is 0 Å². The number of furan rings is 1. The zero-order valence-corrected chi connectivity index (χ0v) is 11.2. The standard InChI is InChI=1S/C12H12N2O4S/c1-7-10(11(16)17-2)19-12(13-7)14-9(15)6-8-4-3-5-18-8/h3-5H,6H2,1-2H3,(H,13,14,15). The van der Waals surface area contributed by atoms with E-state index in [-0.39, 0.29) is 12.3 Å². The molecule has 0 unspecified atom stereocenters. The Balaban J connectivity index is 2.03. The fourth-order valence-corrected chi connectivity index (χ4v) is 2.37. The number of carbonyl (C=O) groups excluding carboxylic acids is 2. The highest BCUT2D eigenvalue weighted by Gasteiger charge is 2.17. The predicted molar refractivity (Wildman–Crippen MR) is 69.2 cm³/mol. The highest BCUT2D eigenvalue weighted by Crippen LogP contribution is 2.23. The quantitative estimate of drug-likeness (QED) is 0.866. The monoisotopic (exact) mass is 280 g/mol. The number of thiazole rings is 1. The minimum Gasteiger partial charge on any atom is -0.469 e. The lowest BCUT2D eigenvalue weighted by Gasteiger charge is -1.98. The first-order valence-electron chi connectivity index (χ1n) is 5.48. The van der Waals surface area contributed by atoms with Gasteiger partial charge in [-0.05, 0) is 19.1 Å². The van der Waals surface area contributed by atoms with Crippen LogP contribution in [0, 0.1) is 6.92 Å². The molecule has 19 heavy (non-hydrogen) atoms. The molecule has 2 rings (SSSR count). The van der Waals surface area contributed by atoms with Gasteiger partial charge in [0.1, 0.15) is 10.6 Å². The fourth-order valence-electron chi connectivity index (χ4n) is 1.47. The van der Waals surface area contributed by atoms with Crippen molar-refractivity contribution in [1.82, 2.24) is 4.98 Å². The number of nitrogens with zero attached hydrogens (tertiary/aromatic N) is 1. The molecule has 0 atom stereocenters. The summed E-state index contributed by atoms with van der Waals surface area (Å²) in [4.78, 5) is 27.6. The fraction of sp³-hybridized carbons (Fsp3) is 0.250. The van der Waals surface area contributed by atoms with E-state index in [1.807, 2.05) is 0 Å². The average molecular weight is 280 g/mol. The van der Waals surface area contributed by atoms with E-state index in [9.17, 15) is 9.59 Å². The molecule has 0 aliphatic heterocycles. The van der Waals surface area contributed by atoms with E-state index in [0.717, 1.165) is 11.3 Å². The van der Waals surface area contributed by atoms with Gasteiger partial charge in [0, 0.05) is 0 Å². The molecule has 0 radical (unpaired) electrons. The first-order chi connectivity index (χ1) is 9.10. The van der Waals surface area contributed by atoms with Crippen LogP contribution in [0.5, 0.6) is 0 Å². The maximum absolute atomic E-state index is 11.7. The summed E-state index contributed by atoms with van der Waals surface area (Å²) in [6.07, 6.45) is 1.63. The summed E-state index contributed by atoms with van der Waals surface area (Å²) in [5, 5.41) is 2.99. The summed E-state index contributed by atoms with van der Waals surface area (Å²) >= 11 is 1.08. The van der Waals surface area contributed by atoms with Crippen molar-refractivity contribution in [2.75, 3.05) is 12.4 Å². The lowest BCUT2D eigenvalue weighted by atomic mass is 10.3. The highest BCUT2D eigenvalue weighted by atomic mass is 32.1. The van der Waals surface area contributed by atoms with E-state index in [0.29, 0.717) is 21.5 Å². The highest BCUT2D eigenvalue weighted by molar-refractivity contribution is 7.17. The van der Waals surface area contributed by atoms with Crippen LogP contribution in [0.15, 0.2) is 22.8 Å². The number of hydrogen-bond donors (Lipinski definition) is 1. The van der Waals surface area contributed by atoms with Crippen molar-refractivity contribution in [2.45, 2.75) is 13.3 Å². The topological polar surface area (TPSA) is 81.4 Å². The van der Waals surface area contributed by atoms with Gasteiger partial charge in [0.15, 0.2) is 5.13 Å². The van der Waals surface area contributed by atoms with Gasteiger partial charge in [-0.15, -0.1) is 0 Å². The Labute approximate surface area is 113 Å². The number of nitrogens with one attached hydrogen (secondary N) is 1. The van der Waals surface area contributed by atoms with Crippen LogP contribution >= 0.6 is 11.3 Å². The number of amides is 1. The summed E-state index contributed by atoms with van der Waals surface area (Å²) in [5.41, 5.74) is 0.533. The van der Waals surface area contributed by atoms with E-state index in [4.69, 9.17) is 4.42 Å². The Hall–Kier alpha value is -2.15. The third kappa shape index (κ3) is 3.19. The number of anilines is 1. The van der Waals surface area contributed by atoms with E-state index >= 15 is 0 Å². The second-order valence-electron chi connectivity index (χ2n) is 3.73. The Morgan fingerprint density at radius 1 is 1.53 bits per heavy atom. The molecule has 2 aromatic rings. The summed E-state index contributed by atoms with van der Waals surface area (Å²) in [6, 6.07) is 3.43. The number of carbonyl (C=O) groups is 2. The third-order valence-corrected chi connectivity index (χ3v) is 3.38. The predicted octanol–water partition coefficient (Wildman–Crippen LogP) is 2.01. The molecular weight excluding hydrogens is 268 g/mol. The third-order valence-electron chi connectivity index (χ3n) is 2.33. The molecule has 2 aromatic heterocycles. The molecule has 0 aliphatic rings. The van der Waals surface area contributed by atoms with Gasteiger partial charge in [0.25, 0.3) is 0 Å². The number of esters is 1. The Kier molecular flexibility index (Phi) is 3.96. The van der Waals surface area contributed by atoms with Crippen molar-refractivity contribution in [3.63, 3.8) is 0 Å². The molecule has 2 heterocycles. The van der Waals surface area contributed by atoms with Crippen molar-refractivity contribution in [2.24, 2.45) is 0 Å². The molecule has 0 fully saturated rings. The molecule has 0 spiro atoms. The van der Waals surface area contributed by atoms with Crippen LogP contribution in [0.4, 0.5) is 5.13 Å². The Morgan fingerprint density at radius 3 is 2.95 bits per heavy atom.